The molecular formula is C8H16N2O2. The van der Waals surface area contributed by atoms with E-state index in [-0.39, 0.29) is 17.7 Å². The fourth-order valence-electron chi connectivity index (χ4n) is 0.565. The lowest BCUT2D eigenvalue weighted by Gasteiger charge is -1.90. The first kappa shape index (κ1) is 10.9. The van der Waals surface area contributed by atoms with Gasteiger partial charge in [-0.3, -0.25) is 9.59 Å². The number of hydrogen-bond donors (Lipinski definition) is 2. The van der Waals surface area contributed by atoms with Crippen LogP contribution in [0.1, 0.15) is 26.7 Å². The molecule has 0 aromatic rings. The first-order valence-electron chi connectivity index (χ1n) is 4.10. The molecule has 1 aliphatic rings. The molecule has 0 saturated carbocycles. The van der Waals surface area contributed by atoms with Gasteiger partial charge in [-0.05, 0) is 6.42 Å². The molecule has 1 saturated heterocycles. The Labute approximate surface area is 72.5 Å². The Kier molecular flexibility index (Phi) is 5.08. The second-order valence-corrected chi connectivity index (χ2v) is 3.01. The second kappa shape index (κ2) is 5.57. The van der Waals surface area contributed by atoms with Crippen molar-refractivity contribution in [2.45, 2.75) is 26.7 Å². The van der Waals surface area contributed by atoms with Crippen LogP contribution in [0.5, 0.6) is 0 Å². The Morgan fingerprint density at radius 1 is 1.58 bits per heavy atom. The number of primary amides is 1. The van der Waals surface area contributed by atoms with Gasteiger partial charge in [0.15, 0.2) is 0 Å². The van der Waals surface area contributed by atoms with Crippen molar-refractivity contribution in [3.8, 4) is 0 Å². The average molecular weight is 172 g/mol. The van der Waals surface area contributed by atoms with Crippen molar-refractivity contribution in [1.29, 1.82) is 0 Å². The van der Waals surface area contributed by atoms with Crippen LogP contribution in [0.25, 0.3) is 0 Å². The van der Waals surface area contributed by atoms with Crippen LogP contribution in [0.15, 0.2) is 0 Å². The monoisotopic (exact) mass is 172 g/mol. The Morgan fingerprint density at radius 3 is 2.17 bits per heavy atom. The van der Waals surface area contributed by atoms with E-state index in [1.807, 2.05) is 0 Å². The molecule has 4 heteroatoms. The van der Waals surface area contributed by atoms with Gasteiger partial charge in [-0.25, -0.2) is 0 Å². The third kappa shape index (κ3) is 5.70. The summed E-state index contributed by atoms with van der Waals surface area (Å²) < 4.78 is 0. The molecular weight excluding hydrogens is 156 g/mol. The Hall–Kier alpha value is -1.06. The van der Waals surface area contributed by atoms with E-state index in [0.717, 1.165) is 19.4 Å². The van der Waals surface area contributed by atoms with E-state index in [2.05, 4.69) is 5.32 Å². The highest BCUT2D eigenvalue weighted by atomic mass is 16.2. The quantitative estimate of drug-likeness (QED) is 0.585. The molecule has 3 N–H and O–H groups in total. The summed E-state index contributed by atoms with van der Waals surface area (Å²) in [5.41, 5.74) is 4.80. The van der Waals surface area contributed by atoms with Gasteiger partial charge in [0.2, 0.25) is 11.8 Å². The lowest BCUT2D eigenvalue weighted by atomic mass is 10.2. The van der Waals surface area contributed by atoms with Crippen LogP contribution in [0.4, 0.5) is 0 Å². The Bertz CT molecular complexity index is 156. The summed E-state index contributed by atoms with van der Waals surface area (Å²) in [4.78, 5) is 20.1. The smallest absolute Gasteiger partial charge is 0.220 e. The third-order valence-corrected chi connectivity index (χ3v) is 1.47. The summed E-state index contributed by atoms with van der Waals surface area (Å²) in [6.07, 6.45) is 1.76. The largest absolute Gasteiger partial charge is 0.369 e. The number of amides is 2. The third-order valence-electron chi connectivity index (χ3n) is 1.47. The lowest BCUT2D eigenvalue weighted by molar-refractivity contribution is -0.121. The van der Waals surface area contributed by atoms with Crippen LogP contribution in [-0.2, 0) is 9.59 Å². The molecule has 1 rings (SSSR count). The predicted molar refractivity (Wildman–Crippen MR) is 46.3 cm³/mol. The van der Waals surface area contributed by atoms with E-state index in [1.54, 1.807) is 13.8 Å². The molecule has 4 nitrogen and oxygen atoms in total. The molecule has 12 heavy (non-hydrogen) atoms. The molecule has 0 atom stereocenters. The van der Waals surface area contributed by atoms with Gasteiger partial charge in [0.25, 0.3) is 0 Å². The second-order valence-electron chi connectivity index (χ2n) is 3.01. The van der Waals surface area contributed by atoms with Gasteiger partial charge >= 0.3 is 0 Å². The maximum atomic E-state index is 10.1. The van der Waals surface area contributed by atoms with Crippen LogP contribution in [0.2, 0.25) is 0 Å². The van der Waals surface area contributed by atoms with Gasteiger partial charge < -0.3 is 11.1 Å². The topological polar surface area (TPSA) is 72.2 Å². The van der Waals surface area contributed by atoms with Crippen LogP contribution in [0, 0.1) is 5.92 Å². The van der Waals surface area contributed by atoms with E-state index in [1.165, 1.54) is 0 Å². The molecule has 0 aromatic heterocycles. The number of nitrogens with one attached hydrogen (secondary N) is 1. The zero-order chi connectivity index (χ0) is 9.56. The van der Waals surface area contributed by atoms with Crippen molar-refractivity contribution in [1.82, 2.24) is 5.32 Å². The standard InChI is InChI=1S/C4H7NO.C4H9NO/c6-4-2-1-3-5-4;1-3(2)4(5)6/h1-3H2,(H,5,6);3H,1-2H3,(H2,5,6). The normalized spacial score (nSPS) is 15.1. The molecule has 0 aromatic carbocycles. The molecule has 0 unspecified atom stereocenters. The van der Waals surface area contributed by atoms with Gasteiger partial charge in [0.05, 0.1) is 0 Å². The van der Waals surface area contributed by atoms with E-state index in [4.69, 9.17) is 5.73 Å². The fraction of sp³-hybridized carbons (Fsp3) is 0.750. The molecule has 1 aliphatic heterocycles. The van der Waals surface area contributed by atoms with E-state index in [9.17, 15) is 9.59 Å². The zero-order valence-corrected chi connectivity index (χ0v) is 7.59. The van der Waals surface area contributed by atoms with Crippen LogP contribution < -0.4 is 11.1 Å². The maximum absolute atomic E-state index is 10.1. The number of rotatable bonds is 1. The van der Waals surface area contributed by atoms with Crippen molar-refractivity contribution in [3.05, 3.63) is 0 Å². The average Bonchev–Trinajstić information content (AvgIpc) is 2.40. The fourth-order valence-corrected chi connectivity index (χ4v) is 0.565. The molecule has 2 amide bonds. The van der Waals surface area contributed by atoms with Gasteiger partial charge in [0, 0.05) is 18.9 Å². The molecule has 0 bridgehead atoms. The molecule has 0 radical (unpaired) electrons. The molecule has 0 aliphatic carbocycles. The van der Waals surface area contributed by atoms with Gasteiger partial charge in [-0.2, -0.15) is 0 Å². The number of carbonyl (C=O) groups excluding carboxylic acids is 2. The summed E-state index contributed by atoms with van der Waals surface area (Å²) in [7, 11) is 0. The van der Waals surface area contributed by atoms with E-state index in [0.29, 0.717) is 0 Å². The summed E-state index contributed by atoms with van der Waals surface area (Å²) in [6.45, 7) is 4.42. The highest BCUT2D eigenvalue weighted by molar-refractivity contribution is 5.77. The van der Waals surface area contributed by atoms with Crippen LogP contribution in [0.3, 0.4) is 0 Å². The first-order chi connectivity index (χ1) is 5.54. The van der Waals surface area contributed by atoms with Crippen molar-refractivity contribution < 1.29 is 9.59 Å². The van der Waals surface area contributed by atoms with Crippen molar-refractivity contribution in [3.63, 3.8) is 0 Å². The number of hydrogen-bond acceptors (Lipinski definition) is 2. The van der Waals surface area contributed by atoms with Crippen LogP contribution in [-0.4, -0.2) is 18.4 Å². The Balaban J connectivity index is 0.000000202. The highest BCUT2D eigenvalue weighted by Crippen LogP contribution is 1.93. The van der Waals surface area contributed by atoms with Gasteiger partial charge in [0.1, 0.15) is 0 Å². The lowest BCUT2D eigenvalue weighted by Crippen LogP contribution is -2.17. The van der Waals surface area contributed by atoms with Gasteiger partial charge in [-0.15, -0.1) is 0 Å². The van der Waals surface area contributed by atoms with Crippen molar-refractivity contribution in [2.75, 3.05) is 6.54 Å². The molecule has 70 valence electrons. The molecule has 1 fully saturated rings. The summed E-state index contributed by atoms with van der Waals surface area (Å²) in [6, 6.07) is 0. The SMILES string of the molecule is CC(C)C(N)=O.O=C1CCCN1. The van der Waals surface area contributed by atoms with E-state index < -0.39 is 0 Å². The summed E-state index contributed by atoms with van der Waals surface area (Å²) in [5.74, 6) is -0.0463. The molecule has 0 spiro atoms. The number of carbonyl (C=O) groups is 2. The van der Waals surface area contributed by atoms with Crippen LogP contribution >= 0.6 is 0 Å². The first-order valence-corrected chi connectivity index (χ1v) is 4.10. The Morgan fingerprint density at radius 2 is 2.08 bits per heavy atom. The summed E-state index contributed by atoms with van der Waals surface area (Å²) in [5, 5.41) is 2.68. The summed E-state index contributed by atoms with van der Waals surface area (Å²) >= 11 is 0. The van der Waals surface area contributed by atoms with Crippen molar-refractivity contribution >= 4 is 11.8 Å². The zero-order valence-electron chi connectivity index (χ0n) is 7.59. The van der Waals surface area contributed by atoms with E-state index >= 15 is 0 Å². The predicted octanol–water partition coefficient (Wildman–Crippen LogP) is 0.0241. The maximum Gasteiger partial charge on any atom is 0.220 e. The minimum atomic E-state index is -0.241. The minimum absolute atomic E-state index is 0.00926. The van der Waals surface area contributed by atoms with Crippen molar-refractivity contribution in [2.24, 2.45) is 11.7 Å². The molecule has 1 heterocycles. The highest BCUT2D eigenvalue weighted by Gasteiger charge is 2.05. The van der Waals surface area contributed by atoms with Gasteiger partial charge in [-0.1, -0.05) is 13.8 Å². The number of nitrogens with two attached hydrogens (primary N) is 1. The minimum Gasteiger partial charge on any atom is -0.369 e.